The number of aromatic nitrogens is 4. The van der Waals surface area contributed by atoms with Crippen LogP contribution in [0.1, 0.15) is 18.3 Å². The van der Waals surface area contributed by atoms with Gasteiger partial charge in [0.05, 0.1) is 18.1 Å². The average Bonchev–Trinajstić information content (AvgIpc) is 3.02. The number of urea groups is 1. The molecule has 0 atom stereocenters. The molecule has 1 aromatic carbocycles. The van der Waals surface area contributed by atoms with Crippen LogP contribution in [0.2, 0.25) is 0 Å². The second kappa shape index (κ2) is 6.91. The lowest BCUT2D eigenvalue weighted by atomic mass is 10.1. The highest BCUT2D eigenvalue weighted by atomic mass is 16.2. The molecule has 7 heteroatoms. The fourth-order valence-electron chi connectivity index (χ4n) is 2.22. The fourth-order valence-corrected chi connectivity index (χ4v) is 2.22. The quantitative estimate of drug-likeness (QED) is 0.772. The Morgan fingerprint density at radius 2 is 1.71 bits per heavy atom. The van der Waals surface area contributed by atoms with Gasteiger partial charge in [0.25, 0.3) is 0 Å². The number of rotatable bonds is 4. The third-order valence-corrected chi connectivity index (χ3v) is 3.56. The first-order valence-corrected chi connectivity index (χ1v) is 7.65. The monoisotopic (exact) mass is 322 g/mol. The first-order chi connectivity index (χ1) is 11.7. The first kappa shape index (κ1) is 15.7. The summed E-state index contributed by atoms with van der Waals surface area (Å²) in [6.45, 7) is 3.96. The van der Waals surface area contributed by atoms with Crippen molar-refractivity contribution in [2.75, 3.05) is 10.6 Å². The van der Waals surface area contributed by atoms with Crippen molar-refractivity contribution < 1.29 is 4.79 Å². The van der Waals surface area contributed by atoms with Crippen LogP contribution < -0.4 is 10.6 Å². The molecule has 24 heavy (non-hydrogen) atoms. The highest BCUT2D eigenvalue weighted by molar-refractivity contribution is 5.99. The molecule has 0 spiro atoms. The number of hydrogen-bond donors (Lipinski definition) is 2. The number of amides is 2. The summed E-state index contributed by atoms with van der Waals surface area (Å²) < 4.78 is 1.76. The summed E-state index contributed by atoms with van der Waals surface area (Å²) in [6.07, 6.45) is 7.54. The molecule has 0 aliphatic rings. The highest BCUT2D eigenvalue weighted by Gasteiger charge is 2.06. The summed E-state index contributed by atoms with van der Waals surface area (Å²) in [4.78, 5) is 24.6. The number of nitrogens with zero attached hydrogens (tertiary/aromatic N) is 4. The second-order valence-corrected chi connectivity index (χ2v) is 5.25. The van der Waals surface area contributed by atoms with Crippen LogP contribution in [0, 0.1) is 6.92 Å². The molecular formula is C17H18N6O. The maximum absolute atomic E-state index is 12.0. The van der Waals surface area contributed by atoms with Gasteiger partial charge in [-0.3, -0.25) is 4.57 Å². The molecule has 0 radical (unpaired) electrons. The van der Waals surface area contributed by atoms with Crippen molar-refractivity contribution in [2.24, 2.45) is 0 Å². The van der Waals surface area contributed by atoms with Gasteiger partial charge in [-0.1, -0.05) is 19.1 Å². The van der Waals surface area contributed by atoms with Crippen LogP contribution in [0.5, 0.6) is 0 Å². The minimum absolute atomic E-state index is 0.339. The lowest BCUT2D eigenvalue weighted by Crippen LogP contribution is -2.19. The van der Waals surface area contributed by atoms with Gasteiger partial charge in [-0.25, -0.2) is 19.7 Å². The van der Waals surface area contributed by atoms with Crippen molar-refractivity contribution in [1.82, 2.24) is 19.5 Å². The fraction of sp³-hybridized carbons (Fsp3) is 0.176. The van der Waals surface area contributed by atoms with E-state index in [2.05, 4.69) is 32.5 Å². The first-order valence-electron chi connectivity index (χ1n) is 7.65. The smallest absolute Gasteiger partial charge is 0.308 e. The molecule has 0 saturated carbocycles. The summed E-state index contributed by atoms with van der Waals surface area (Å²) in [5, 5.41) is 5.48. The Kier molecular flexibility index (Phi) is 4.51. The maximum atomic E-state index is 12.0. The SMILES string of the molecule is CCc1ccc(NC(=O)Nc2cnc(-n3ccnc3C)nc2)cc1. The number of anilines is 2. The van der Waals surface area contributed by atoms with E-state index in [0.717, 1.165) is 17.9 Å². The summed E-state index contributed by atoms with van der Waals surface area (Å²) >= 11 is 0. The van der Waals surface area contributed by atoms with E-state index in [4.69, 9.17) is 0 Å². The molecule has 0 bridgehead atoms. The zero-order chi connectivity index (χ0) is 16.9. The molecular weight excluding hydrogens is 304 g/mol. The Morgan fingerprint density at radius 1 is 1.04 bits per heavy atom. The number of nitrogens with one attached hydrogen (secondary N) is 2. The van der Waals surface area contributed by atoms with Crippen molar-refractivity contribution in [2.45, 2.75) is 20.3 Å². The predicted octanol–water partition coefficient (Wildman–Crippen LogP) is 3.18. The Morgan fingerprint density at radius 3 is 2.29 bits per heavy atom. The van der Waals surface area contributed by atoms with Crippen molar-refractivity contribution in [1.29, 1.82) is 0 Å². The van der Waals surface area contributed by atoms with E-state index in [9.17, 15) is 4.79 Å². The maximum Gasteiger partial charge on any atom is 0.323 e. The van der Waals surface area contributed by atoms with E-state index in [1.807, 2.05) is 31.2 Å². The van der Waals surface area contributed by atoms with Crippen LogP contribution in [-0.2, 0) is 6.42 Å². The van der Waals surface area contributed by atoms with Gasteiger partial charge in [-0.2, -0.15) is 0 Å². The van der Waals surface area contributed by atoms with Crippen LogP contribution in [0.3, 0.4) is 0 Å². The van der Waals surface area contributed by atoms with E-state index in [0.29, 0.717) is 11.6 Å². The number of aryl methyl sites for hydroxylation is 2. The van der Waals surface area contributed by atoms with Crippen LogP contribution in [-0.4, -0.2) is 25.6 Å². The number of imidazole rings is 1. The van der Waals surface area contributed by atoms with Gasteiger partial charge in [-0.05, 0) is 31.0 Å². The molecule has 2 N–H and O–H groups in total. The molecule has 0 aliphatic heterocycles. The van der Waals surface area contributed by atoms with Crippen LogP contribution in [0.25, 0.3) is 5.95 Å². The van der Waals surface area contributed by atoms with E-state index >= 15 is 0 Å². The zero-order valence-corrected chi connectivity index (χ0v) is 13.5. The third-order valence-electron chi connectivity index (χ3n) is 3.56. The summed E-state index contributed by atoms with van der Waals surface area (Å²) in [5.74, 6) is 1.30. The summed E-state index contributed by atoms with van der Waals surface area (Å²) in [5.41, 5.74) is 2.47. The average molecular weight is 322 g/mol. The Bertz CT molecular complexity index is 823. The van der Waals surface area contributed by atoms with Gasteiger partial charge in [0.2, 0.25) is 5.95 Å². The number of carbonyl (C=O) groups is 1. The van der Waals surface area contributed by atoms with Gasteiger partial charge in [0.15, 0.2) is 0 Å². The van der Waals surface area contributed by atoms with Crippen LogP contribution in [0.15, 0.2) is 49.1 Å². The van der Waals surface area contributed by atoms with E-state index in [-0.39, 0.29) is 6.03 Å². The number of carbonyl (C=O) groups excluding carboxylic acids is 1. The molecule has 3 aromatic rings. The molecule has 0 aliphatic carbocycles. The molecule has 0 fully saturated rings. The summed E-state index contributed by atoms with van der Waals surface area (Å²) in [6, 6.07) is 7.39. The van der Waals surface area contributed by atoms with Crippen LogP contribution in [0.4, 0.5) is 16.2 Å². The number of hydrogen-bond acceptors (Lipinski definition) is 4. The molecule has 2 amide bonds. The minimum Gasteiger partial charge on any atom is -0.308 e. The van der Waals surface area contributed by atoms with Crippen LogP contribution >= 0.6 is 0 Å². The Hall–Kier alpha value is -3.22. The Balaban J connectivity index is 1.63. The Labute approximate surface area is 139 Å². The van der Waals surface area contributed by atoms with Crippen molar-refractivity contribution >= 4 is 17.4 Å². The van der Waals surface area contributed by atoms with E-state index in [1.165, 1.54) is 5.56 Å². The molecule has 0 unspecified atom stereocenters. The van der Waals surface area contributed by atoms with Gasteiger partial charge < -0.3 is 10.6 Å². The van der Waals surface area contributed by atoms with Gasteiger partial charge in [0.1, 0.15) is 5.82 Å². The van der Waals surface area contributed by atoms with E-state index in [1.54, 1.807) is 29.4 Å². The van der Waals surface area contributed by atoms with Gasteiger partial charge in [-0.15, -0.1) is 0 Å². The second-order valence-electron chi connectivity index (χ2n) is 5.25. The topological polar surface area (TPSA) is 84.7 Å². The van der Waals surface area contributed by atoms with Crippen molar-refractivity contribution in [3.05, 3.63) is 60.4 Å². The lowest BCUT2D eigenvalue weighted by molar-refractivity contribution is 0.262. The predicted molar refractivity (Wildman–Crippen MR) is 92.4 cm³/mol. The minimum atomic E-state index is -0.339. The molecule has 0 saturated heterocycles. The molecule has 2 aromatic heterocycles. The summed E-state index contributed by atoms with van der Waals surface area (Å²) in [7, 11) is 0. The van der Waals surface area contributed by atoms with Gasteiger partial charge in [0, 0.05) is 18.1 Å². The van der Waals surface area contributed by atoms with Gasteiger partial charge >= 0.3 is 6.03 Å². The van der Waals surface area contributed by atoms with Crippen molar-refractivity contribution in [3.8, 4) is 5.95 Å². The number of benzene rings is 1. The molecule has 122 valence electrons. The molecule has 2 heterocycles. The highest BCUT2D eigenvalue weighted by Crippen LogP contribution is 2.12. The molecule has 7 nitrogen and oxygen atoms in total. The van der Waals surface area contributed by atoms with E-state index < -0.39 is 0 Å². The normalized spacial score (nSPS) is 10.4. The third kappa shape index (κ3) is 3.57. The molecule has 3 rings (SSSR count). The lowest BCUT2D eigenvalue weighted by Gasteiger charge is -2.08. The zero-order valence-electron chi connectivity index (χ0n) is 13.5. The standard InChI is InChI=1S/C17H18N6O/c1-3-13-4-6-14(7-5-13)21-17(24)22-15-10-19-16(20-11-15)23-9-8-18-12(23)2/h4-11H,3H2,1-2H3,(H2,21,22,24). The van der Waals surface area contributed by atoms with Crippen molar-refractivity contribution in [3.63, 3.8) is 0 Å². The largest absolute Gasteiger partial charge is 0.323 e.